The highest BCUT2D eigenvalue weighted by Crippen LogP contribution is 2.27. The predicted octanol–water partition coefficient (Wildman–Crippen LogP) is 2.63. The van der Waals surface area contributed by atoms with E-state index in [1.54, 1.807) is 0 Å². The molecule has 22 heavy (non-hydrogen) atoms. The molecule has 2 aromatic rings. The molecule has 0 amide bonds. The van der Waals surface area contributed by atoms with E-state index in [-0.39, 0.29) is 4.77 Å². The molecule has 0 radical (unpaired) electrons. The monoisotopic (exact) mass is 330 g/mol. The Labute approximate surface area is 127 Å². The molecule has 6 nitrogen and oxygen atoms in total. The van der Waals surface area contributed by atoms with Gasteiger partial charge in [-0.3, -0.25) is 0 Å². The minimum absolute atomic E-state index is 0.283. The molecule has 0 unspecified atom stereocenters. The van der Waals surface area contributed by atoms with Crippen molar-refractivity contribution in [3.05, 3.63) is 46.0 Å². The Balaban J connectivity index is 2.28. The first-order valence-corrected chi connectivity index (χ1v) is 6.21. The van der Waals surface area contributed by atoms with E-state index in [1.165, 1.54) is 37.6 Å². The summed E-state index contributed by atoms with van der Waals surface area (Å²) < 4.78 is 42.8. The van der Waals surface area contributed by atoms with Crippen LogP contribution >= 0.6 is 12.2 Å². The molecule has 0 aliphatic heterocycles. The van der Waals surface area contributed by atoms with Gasteiger partial charge in [-0.25, -0.2) is 9.89 Å². The van der Waals surface area contributed by atoms with Crippen LogP contribution in [0.15, 0.2) is 29.4 Å². The van der Waals surface area contributed by atoms with Crippen molar-refractivity contribution in [3.63, 3.8) is 0 Å². The van der Waals surface area contributed by atoms with Gasteiger partial charge in [0, 0.05) is 0 Å². The van der Waals surface area contributed by atoms with Crippen LogP contribution < -0.4 is 0 Å². The maximum atomic E-state index is 12.7. The van der Waals surface area contributed by atoms with Gasteiger partial charge in [-0.1, -0.05) is 12.1 Å². The van der Waals surface area contributed by atoms with Crippen LogP contribution in [0.2, 0.25) is 0 Å². The smallest absolute Gasteiger partial charge is 0.453 e. The third-order valence-corrected chi connectivity index (χ3v) is 2.82. The zero-order chi connectivity index (χ0) is 16.3. The number of nitrogens with one attached hydrogen (secondary N) is 1. The molecule has 0 bridgehead atoms. The van der Waals surface area contributed by atoms with E-state index in [9.17, 15) is 18.0 Å². The van der Waals surface area contributed by atoms with Gasteiger partial charge in [-0.2, -0.15) is 22.9 Å². The van der Waals surface area contributed by atoms with Crippen molar-refractivity contribution in [1.82, 2.24) is 14.9 Å². The second kappa shape index (κ2) is 6.10. The SMILES string of the molecule is COC(=O)c1ccc(/C=N/n2c(C(F)(F)F)n[nH]c2=S)cc1. The number of aromatic nitrogens is 3. The molecule has 1 aromatic carbocycles. The second-order valence-corrected chi connectivity index (χ2v) is 4.41. The van der Waals surface area contributed by atoms with Crippen molar-refractivity contribution >= 4 is 24.4 Å². The molecule has 0 spiro atoms. The van der Waals surface area contributed by atoms with Crippen molar-refractivity contribution in [3.8, 4) is 0 Å². The minimum Gasteiger partial charge on any atom is -0.465 e. The van der Waals surface area contributed by atoms with Crippen LogP contribution in [0.1, 0.15) is 21.7 Å². The fourth-order valence-corrected chi connectivity index (χ4v) is 1.71. The van der Waals surface area contributed by atoms with Crippen molar-refractivity contribution < 1.29 is 22.7 Å². The highest BCUT2D eigenvalue weighted by atomic mass is 32.1. The van der Waals surface area contributed by atoms with E-state index < -0.39 is 18.0 Å². The number of esters is 1. The number of halogens is 3. The lowest BCUT2D eigenvalue weighted by Crippen LogP contribution is -2.12. The number of ether oxygens (including phenoxy) is 1. The molecule has 2 rings (SSSR count). The number of carbonyl (C=O) groups excluding carboxylic acids is 1. The van der Waals surface area contributed by atoms with E-state index in [0.29, 0.717) is 15.8 Å². The lowest BCUT2D eigenvalue weighted by Gasteiger charge is -2.04. The molecular formula is C12H9F3N4O2S. The lowest BCUT2D eigenvalue weighted by atomic mass is 10.1. The molecule has 0 aliphatic carbocycles. The van der Waals surface area contributed by atoms with Gasteiger partial charge in [0.1, 0.15) is 0 Å². The highest BCUT2D eigenvalue weighted by Gasteiger charge is 2.37. The molecule has 1 N–H and O–H groups in total. The van der Waals surface area contributed by atoms with Crippen molar-refractivity contribution in [1.29, 1.82) is 0 Å². The quantitative estimate of drug-likeness (QED) is 0.533. The number of benzene rings is 1. The van der Waals surface area contributed by atoms with Crippen molar-refractivity contribution in [2.24, 2.45) is 5.10 Å². The molecule has 0 saturated carbocycles. The first-order chi connectivity index (χ1) is 10.3. The number of rotatable bonds is 3. The summed E-state index contributed by atoms with van der Waals surface area (Å²) in [7, 11) is 1.25. The molecule has 0 atom stereocenters. The number of alkyl halides is 3. The Bertz CT molecular complexity index is 762. The Kier molecular flexibility index (Phi) is 4.40. The van der Waals surface area contributed by atoms with Crippen LogP contribution in [-0.4, -0.2) is 34.2 Å². The summed E-state index contributed by atoms with van der Waals surface area (Å²) in [6, 6.07) is 5.94. The van der Waals surface area contributed by atoms with E-state index in [1.807, 2.05) is 5.10 Å². The summed E-state index contributed by atoms with van der Waals surface area (Å²) in [6.45, 7) is 0. The number of nitrogens with zero attached hydrogens (tertiary/aromatic N) is 3. The average molecular weight is 330 g/mol. The van der Waals surface area contributed by atoms with E-state index in [2.05, 4.69) is 14.9 Å². The average Bonchev–Trinajstić information content (AvgIpc) is 2.86. The van der Waals surface area contributed by atoms with E-state index in [0.717, 1.165) is 0 Å². The molecule has 116 valence electrons. The topological polar surface area (TPSA) is 72.3 Å². The Morgan fingerprint density at radius 2 is 2.05 bits per heavy atom. The Morgan fingerprint density at radius 1 is 1.41 bits per heavy atom. The lowest BCUT2D eigenvalue weighted by molar-refractivity contribution is -0.147. The maximum absolute atomic E-state index is 12.7. The van der Waals surface area contributed by atoms with Gasteiger partial charge in [0.15, 0.2) is 0 Å². The third kappa shape index (κ3) is 3.39. The molecular weight excluding hydrogens is 321 g/mol. The molecule has 0 aliphatic rings. The molecule has 10 heteroatoms. The van der Waals surface area contributed by atoms with Gasteiger partial charge >= 0.3 is 12.1 Å². The van der Waals surface area contributed by atoms with Crippen LogP contribution in [0, 0.1) is 4.77 Å². The number of aromatic amines is 1. The largest absolute Gasteiger partial charge is 0.465 e. The standard InChI is InChI=1S/C12H9F3N4O2S/c1-21-9(20)8-4-2-7(3-5-8)6-16-19-10(12(13,14)15)17-18-11(19)22/h2-6H,1H3,(H,18,22)/b16-6+. The number of hydrogen-bond donors (Lipinski definition) is 1. The highest BCUT2D eigenvalue weighted by molar-refractivity contribution is 7.71. The van der Waals surface area contributed by atoms with Gasteiger partial charge in [-0.05, 0) is 29.9 Å². The number of H-pyrrole nitrogens is 1. The zero-order valence-electron chi connectivity index (χ0n) is 11.1. The molecule has 0 saturated heterocycles. The molecule has 1 heterocycles. The number of carbonyl (C=O) groups is 1. The summed E-state index contributed by atoms with van der Waals surface area (Å²) in [5.41, 5.74) is 0.791. The molecule has 1 aromatic heterocycles. The predicted molar refractivity (Wildman–Crippen MR) is 73.2 cm³/mol. The summed E-state index contributed by atoms with van der Waals surface area (Å²) in [4.78, 5) is 11.3. The van der Waals surface area contributed by atoms with Gasteiger partial charge in [-0.15, -0.1) is 5.10 Å². The van der Waals surface area contributed by atoms with Crippen LogP contribution in [0.3, 0.4) is 0 Å². The van der Waals surface area contributed by atoms with Crippen molar-refractivity contribution in [2.45, 2.75) is 6.18 Å². The Morgan fingerprint density at radius 3 is 2.59 bits per heavy atom. The summed E-state index contributed by atoms with van der Waals surface area (Å²) >= 11 is 4.70. The van der Waals surface area contributed by atoms with Gasteiger partial charge in [0.25, 0.3) is 5.82 Å². The first-order valence-electron chi connectivity index (χ1n) is 5.80. The Hall–Kier alpha value is -2.49. The normalized spacial score (nSPS) is 11.8. The van der Waals surface area contributed by atoms with Crippen LogP contribution in [0.5, 0.6) is 0 Å². The van der Waals surface area contributed by atoms with Gasteiger partial charge < -0.3 is 4.74 Å². The number of methoxy groups -OCH3 is 1. The summed E-state index contributed by atoms with van der Waals surface area (Å²) in [5.74, 6) is -1.76. The summed E-state index contributed by atoms with van der Waals surface area (Å²) in [5, 5.41) is 8.78. The fraction of sp³-hybridized carbons (Fsp3) is 0.167. The summed E-state index contributed by atoms with van der Waals surface area (Å²) in [6.07, 6.45) is -3.51. The zero-order valence-corrected chi connectivity index (χ0v) is 11.9. The van der Waals surface area contributed by atoms with Gasteiger partial charge in [0.05, 0.1) is 18.9 Å². The molecule has 0 fully saturated rings. The fourth-order valence-electron chi connectivity index (χ4n) is 1.53. The maximum Gasteiger partial charge on any atom is 0.453 e. The third-order valence-electron chi connectivity index (χ3n) is 2.56. The van der Waals surface area contributed by atoms with E-state index >= 15 is 0 Å². The van der Waals surface area contributed by atoms with Crippen LogP contribution in [0.25, 0.3) is 0 Å². The van der Waals surface area contributed by atoms with E-state index in [4.69, 9.17) is 12.2 Å². The van der Waals surface area contributed by atoms with Crippen molar-refractivity contribution in [2.75, 3.05) is 7.11 Å². The second-order valence-electron chi connectivity index (χ2n) is 4.02. The van der Waals surface area contributed by atoms with Crippen LogP contribution in [-0.2, 0) is 10.9 Å². The first kappa shape index (κ1) is 15.9. The van der Waals surface area contributed by atoms with Gasteiger partial charge in [0.2, 0.25) is 4.77 Å². The minimum atomic E-state index is -4.68. The number of hydrogen-bond acceptors (Lipinski definition) is 5. The van der Waals surface area contributed by atoms with Crippen LogP contribution in [0.4, 0.5) is 13.2 Å².